The summed E-state index contributed by atoms with van der Waals surface area (Å²) in [6.07, 6.45) is 6.40. The number of methoxy groups -OCH3 is 1. The van der Waals surface area contributed by atoms with E-state index in [-0.39, 0.29) is 0 Å². The molecule has 0 saturated heterocycles. The highest BCUT2D eigenvalue weighted by Gasteiger charge is 2.52. The average Bonchev–Trinajstić information content (AvgIpc) is 3.15. The highest BCUT2D eigenvalue weighted by molar-refractivity contribution is 5.46. The molecule has 92 valence electrons. The van der Waals surface area contributed by atoms with Crippen LogP contribution >= 0.6 is 0 Å². The third-order valence-electron chi connectivity index (χ3n) is 4.70. The summed E-state index contributed by atoms with van der Waals surface area (Å²) in [5, 5.41) is 0. The van der Waals surface area contributed by atoms with Crippen LogP contribution in [-0.2, 0) is 11.8 Å². The Labute approximate surface area is 103 Å². The molecular weight excluding hydrogens is 210 g/mol. The van der Waals surface area contributed by atoms with Crippen molar-refractivity contribution in [2.24, 2.45) is 11.7 Å². The van der Waals surface area contributed by atoms with E-state index in [0.29, 0.717) is 5.41 Å². The number of hydrogen-bond acceptors (Lipinski definition) is 2. The van der Waals surface area contributed by atoms with Crippen LogP contribution in [0.3, 0.4) is 0 Å². The third-order valence-corrected chi connectivity index (χ3v) is 4.70. The van der Waals surface area contributed by atoms with Crippen LogP contribution in [0.15, 0.2) is 18.2 Å². The van der Waals surface area contributed by atoms with E-state index >= 15 is 0 Å². The second kappa shape index (κ2) is 4.02. The van der Waals surface area contributed by atoms with Gasteiger partial charge in [-0.15, -0.1) is 0 Å². The predicted octanol–water partition coefficient (Wildman–Crippen LogP) is 2.64. The minimum absolute atomic E-state index is 0.460. The zero-order chi connectivity index (χ0) is 11.9. The molecule has 2 heteroatoms. The first-order chi connectivity index (χ1) is 8.30. The number of hydrogen-bond donors (Lipinski definition) is 1. The Morgan fingerprint density at radius 1 is 1.41 bits per heavy atom. The summed E-state index contributed by atoms with van der Waals surface area (Å²) in [7, 11) is 1.75. The van der Waals surface area contributed by atoms with E-state index in [9.17, 15) is 0 Å². The standard InChI is InChI=1S/C15H21NO/c1-17-13-5-3-11-2-4-12(6-9-16)15(7-8-15)14(11)10-13/h3,5,10,12H,2,4,6-9,16H2,1H3. The van der Waals surface area contributed by atoms with E-state index in [0.717, 1.165) is 18.2 Å². The summed E-state index contributed by atoms with van der Waals surface area (Å²) in [6.45, 7) is 0.825. The Morgan fingerprint density at radius 2 is 2.24 bits per heavy atom. The van der Waals surface area contributed by atoms with Gasteiger partial charge in [0.05, 0.1) is 7.11 Å². The minimum Gasteiger partial charge on any atom is -0.497 e. The van der Waals surface area contributed by atoms with Gasteiger partial charge in [0.1, 0.15) is 5.75 Å². The van der Waals surface area contributed by atoms with Crippen LogP contribution in [0.4, 0.5) is 0 Å². The molecule has 1 atom stereocenters. The lowest BCUT2D eigenvalue weighted by atomic mass is 9.71. The lowest BCUT2D eigenvalue weighted by Gasteiger charge is -2.34. The molecule has 0 aromatic heterocycles. The summed E-state index contributed by atoms with van der Waals surface area (Å²) in [5.41, 5.74) is 9.31. The van der Waals surface area contributed by atoms with Gasteiger partial charge in [-0.05, 0) is 73.2 Å². The molecule has 2 N–H and O–H groups in total. The largest absolute Gasteiger partial charge is 0.497 e. The van der Waals surface area contributed by atoms with Crippen molar-refractivity contribution in [1.29, 1.82) is 0 Å². The van der Waals surface area contributed by atoms with Gasteiger partial charge in [-0.1, -0.05) is 6.07 Å². The number of ether oxygens (including phenoxy) is 1. The van der Waals surface area contributed by atoms with Crippen molar-refractivity contribution in [1.82, 2.24) is 0 Å². The van der Waals surface area contributed by atoms with Crippen molar-refractivity contribution in [3.05, 3.63) is 29.3 Å². The Kier molecular flexibility index (Phi) is 2.62. The van der Waals surface area contributed by atoms with Crippen LogP contribution in [0, 0.1) is 5.92 Å². The van der Waals surface area contributed by atoms with Crippen molar-refractivity contribution in [2.75, 3.05) is 13.7 Å². The lowest BCUT2D eigenvalue weighted by Crippen LogP contribution is -2.29. The maximum absolute atomic E-state index is 5.76. The third kappa shape index (κ3) is 1.66. The predicted molar refractivity (Wildman–Crippen MR) is 69.4 cm³/mol. The lowest BCUT2D eigenvalue weighted by molar-refractivity contribution is 0.332. The van der Waals surface area contributed by atoms with E-state index in [1.807, 2.05) is 0 Å². The van der Waals surface area contributed by atoms with Crippen LogP contribution in [0.5, 0.6) is 5.75 Å². The highest BCUT2D eigenvalue weighted by atomic mass is 16.5. The van der Waals surface area contributed by atoms with Crippen molar-refractivity contribution in [3.8, 4) is 5.75 Å². The molecule has 1 unspecified atom stereocenters. The van der Waals surface area contributed by atoms with Crippen LogP contribution in [0.25, 0.3) is 0 Å². The quantitative estimate of drug-likeness (QED) is 0.868. The maximum atomic E-state index is 5.76. The van der Waals surface area contributed by atoms with E-state index in [4.69, 9.17) is 10.5 Å². The van der Waals surface area contributed by atoms with Gasteiger partial charge in [0.25, 0.3) is 0 Å². The average molecular weight is 231 g/mol. The minimum atomic E-state index is 0.460. The Balaban J connectivity index is 1.99. The van der Waals surface area contributed by atoms with Crippen molar-refractivity contribution < 1.29 is 4.74 Å². The second-order valence-electron chi connectivity index (χ2n) is 5.49. The number of fused-ring (bicyclic) bond motifs is 2. The SMILES string of the molecule is COc1ccc2c(c1)C1(CC1)C(CCN)CC2. The summed E-state index contributed by atoms with van der Waals surface area (Å²) in [5.74, 6) is 1.80. The molecule has 1 aromatic rings. The molecule has 1 spiro atoms. The van der Waals surface area contributed by atoms with Gasteiger partial charge in [0.15, 0.2) is 0 Å². The van der Waals surface area contributed by atoms with E-state index < -0.39 is 0 Å². The highest BCUT2D eigenvalue weighted by Crippen LogP contribution is 2.59. The maximum Gasteiger partial charge on any atom is 0.119 e. The normalized spacial score (nSPS) is 24.5. The van der Waals surface area contributed by atoms with Crippen molar-refractivity contribution >= 4 is 0 Å². The Morgan fingerprint density at radius 3 is 2.88 bits per heavy atom. The molecule has 0 amide bonds. The fourth-order valence-corrected chi connectivity index (χ4v) is 3.62. The Hall–Kier alpha value is -1.02. The fourth-order valence-electron chi connectivity index (χ4n) is 3.62. The van der Waals surface area contributed by atoms with E-state index in [1.165, 1.54) is 37.7 Å². The van der Waals surface area contributed by atoms with E-state index in [1.54, 1.807) is 12.7 Å². The molecule has 1 fully saturated rings. The summed E-state index contributed by atoms with van der Waals surface area (Å²) in [6, 6.07) is 6.62. The van der Waals surface area contributed by atoms with Gasteiger partial charge in [0.2, 0.25) is 0 Å². The molecule has 2 aliphatic carbocycles. The molecule has 3 rings (SSSR count). The molecule has 17 heavy (non-hydrogen) atoms. The molecule has 0 radical (unpaired) electrons. The van der Waals surface area contributed by atoms with Crippen LogP contribution < -0.4 is 10.5 Å². The van der Waals surface area contributed by atoms with Crippen molar-refractivity contribution in [2.45, 2.75) is 37.5 Å². The van der Waals surface area contributed by atoms with Crippen LogP contribution in [0.2, 0.25) is 0 Å². The van der Waals surface area contributed by atoms with E-state index in [2.05, 4.69) is 18.2 Å². The second-order valence-corrected chi connectivity index (χ2v) is 5.49. The first-order valence-electron chi connectivity index (χ1n) is 6.67. The molecule has 2 nitrogen and oxygen atoms in total. The zero-order valence-corrected chi connectivity index (χ0v) is 10.5. The number of aryl methyl sites for hydroxylation is 1. The molecule has 0 heterocycles. The van der Waals surface area contributed by atoms with Crippen LogP contribution in [-0.4, -0.2) is 13.7 Å². The number of rotatable bonds is 3. The fraction of sp³-hybridized carbons (Fsp3) is 0.600. The number of benzene rings is 1. The zero-order valence-electron chi connectivity index (χ0n) is 10.5. The Bertz CT molecular complexity index is 423. The first kappa shape index (κ1) is 11.1. The summed E-state index contributed by atoms with van der Waals surface area (Å²) in [4.78, 5) is 0. The monoisotopic (exact) mass is 231 g/mol. The van der Waals surface area contributed by atoms with Gasteiger partial charge in [-0.25, -0.2) is 0 Å². The first-order valence-corrected chi connectivity index (χ1v) is 6.67. The molecular formula is C15H21NO. The van der Waals surface area contributed by atoms with Crippen LogP contribution in [0.1, 0.15) is 36.8 Å². The summed E-state index contributed by atoms with van der Waals surface area (Å²) < 4.78 is 5.37. The number of nitrogens with two attached hydrogens (primary N) is 1. The molecule has 0 bridgehead atoms. The van der Waals surface area contributed by atoms with Crippen molar-refractivity contribution in [3.63, 3.8) is 0 Å². The topological polar surface area (TPSA) is 35.2 Å². The molecule has 1 saturated carbocycles. The smallest absolute Gasteiger partial charge is 0.119 e. The van der Waals surface area contributed by atoms with Gasteiger partial charge < -0.3 is 10.5 Å². The summed E-state index contributed by atoms with van der Waals surface area (Å²) >= 11 is 0. The molecule has 2 aliphatic rings. The molecule has 1 aromatic carbocycles. The van der Waals surface area contributed by atoms with Gasteiger partial charge in [-0.2, -0.15) is 0 Å². The van der Waals surface area contributed by atoms with Gasteiger partial charge >= 0.3 is 0 Å². The molecule has 0 aliphatic heterocycles. The van der Waals surface area contributed by atoms with Gasteiger partial charge in [0, 0.05) is 0 Å². The van der Waals surface area contributed by atoms with Gasteiger partial charge in [-0.3, -0.25) is 0 Å².